The van der Waals surface area contributed by atoms with E-state index < -0.39 is 22.9 Å². The Kier molecular flexibility index (Phi) is 5.04. The molecule has 2 aromatic rings. The summed E-state index contributed by atoms with van der Waals surface area (Å²) >= 11 is 1.39. The molecule has 2 amide bonds. The lowest BCUT2D eigenvalue weighted by Crippen LogP contribution is -2.38. The van der Waals surface area contributed by atoms with Crippen LogP contribution in [0.15, 0.2) is 59.5 Å². The second kappa shape index (κ2) is 7.23. The van der Waals surface area contributed by atoms with Crippen molar-refractivity contribution < 1.29 is 14.4 Å². The number of thioether (sulfide) groups is 1. The lowest BCUT2D eigenvalue weighted by atomic mass is 9.97. The van der Waals surface area contributed by atoms with Gasteiger partial charge in [0.2, 0.25) is 11.7 Å². The summed E-state index contributed by atoms with van der Waals surface area (Å²) in [6, 6.07) is 17.0. The van der Waals surface area contributed by atoms with Crippen LogP contribution in [0.25, 0.3) is 0 Å². The fourth-order valence-electron chi connectivity index (χ4n) is 2.85. The minimum Gasteiger partial charge on any atom is -0.288 e. The number of carbonyl (C=O) groups excluding carboxylic acids is 3. The van der Waals surface area contributed by atoms with E-state index in [4.69, 9.17) is 0 Å². The SMILES string of the molecule is Cc1ccc(S[C@H](C)C(=O)N2C[C@@H](c3ccccc3)C(=O)C2=O)cc1. The Bertz CT molecular complexity index is 801. The molecule has 4 nitrogen and oxygen atoms in total. The third-order valence-electron chi connectivity index (χ3n) is 4.29. The molecule has 5 heteroatoms. The summed E-state index contributed by atoms with van der Waals surface area (Å²) in [6.07, 6.45) is 0. The first kappa shape index (κ1) is 17.4. The molecule has 2 aromatic carbocycles. The van der Waals surface area contributed by atoms with Crippen molar-refractivity contribution in [3.05, 3.63) is 65.7 Å². The first-order valence-electron chi connectivity index (χ1n) is 8.15. The molecule has 0 spiro atoms. The molecule has 0 unspecified atom stereocenters. The van der Waals surface area contributed by atoms with Crippen molar-refractivity contribution in [3.63, 3.8) is 0 Å². The molecule has 0 N–H and O–H groups in total. The molecular weight excluding hydrogens is 334 g/mol. The van der Waals surface area contributed by atoms with Crippen molar-refractivity contribution in [3.8, 4) is 0 Å². The first-order chi connectivity index (χ1) is 12.0. The third kappa shape index (κ3) is 3.66. The van der Waals surface area contributed by atoms with Gasteiger partial charge in [0.25, 0.3) is 5.91 Å². The predicted octanol–water partition coefficient (Wildman–Crippen LogP) is 3.20. The summed E-state index contributed by atoms with van der Waals surface area (Å²) < 4.78 is 0. The van der Waals surface area contributed by atoms with Crippen LogP contribution in [0.4, 0.5) is 0 Å². The molecule has 2 atom stereocenters. The van der Waals surface area contributed by atoms with Crippen molar-refractivity contribution >= 4 is 29.4 Å². The summed E-state index contributed by atoms with van der Waals surface area (Å²) in [5.41, 5.74) is 1.92. The zero-order chi connectivity index (χ0) is 18.0. The Hall–Kier alpha value is -2.40. The smallest absolute Gasteiger partial charge is 0.288 e. The van der Waals surface area contributed by atoms with E-state index in [9.17, 15) is 14.4 Å². The maximum atomic E-state index is 12.7. The van der Waals surface area contributed by atoms with E-state index in [1.807, 2.05) is 61.5 Å². The predicted molar refractivity (Wildman–Crippen MR) is 97.4 cm³/mol. The average molecular weight is 353 g/mol. The fourth-order valence-corrected chi connectivity index (χ4v) is 3.78. The van der Waals surface area contributed by atoms with Gasteiger partial charge in [0.05, 0.1) is 11.2 Å². The highest BCUT2D eigenvalue weighted by atomic mass is 32.2. The fraction of sp³-hybridized carbons (Fsp3) is 0.250. The Morgan fingerprint density at radius 1 is 1.08 bits per heavy atom. The number of Topliss-reactive ketones (excluding diaryl/α,β-unsaturated/α-hetero) is 1. The van der Waals surface area contributed by atoms with Gasteiger partial charge in [-0.25, -0.2) is 0 Å². The Balaban J connectivity index is 1.72. The van der Waals surface area contributed by atoms with E-state index >= 15 is 0 Å². The number of hydrogen-bond acceptors (Lipinski definition) is 4. The van der Waals surface area contributed by atoms with Crippen LogP contribution in [0.5, 0.6) is 0 Å². The molecule has 3 rings (SSSR count). The number of benzene rings is 2. The molecule has 0 aliphatic carbocycles. The van der Waals surface area contributed by atoms with Gasteiger partial charge in [0.15, 0.2) is 0 Å². The van der Waals surface area contributed by atoms with Gasteiger partial charge in [-0.3, -0.25) is 19.3 Å². The van der Waals surface area contributed by atoms with Crippen molar-refractivity contribution in [2.75, 3.05) is 6.54 Å². The number of hydrogen-bond donors (Lipinski definition) is 0. The number of likely N-dealkylation sites (tertiary alicyclic amines) is 1. The third-order valence-corrected chi connectivity index (χ3v) is 5.39. The monoisotopic (exact) mass is 353 g/mol. The highest BCUT2D eigenvalue weighted by molar-refractivity contribution is 8.00. The van der Waals surface area contributed by atoms with Crippen molar-refractivity contribution in [1.29, 1.82) is 0 Å². The Labute approximate surface area is 151 Å². The molecule has 0 radical (unpaired) electrons. The number of ketones is 1. The first-order valence-corrected chi connectivity index (χ1v) is 9.03. The Morgan fingerprint density at radius 2 is 1.72 bits per heavy atom. The zero-order valence-electron chi connectivity index (χ0n) is 14.1. The van der Waals surface area contributed by atoms with Crippen molar-refractivity contribution in [2.45, 2.75) is 29.9 Å². The zero-order valence-corrected chi connectivity index (χ0v) is 15.0. The normalized spacial score (nSPS) is 18.5. The summed E-state index contributed by atoms with van der Waals surface area (Å²) in [6.45, 7) is 3.89. The van der Waals surface area contributed by atoms with E-state index in [0.29, 0.717) is 0 Å². The maximum Gasteiger partial charge on any atom is 0.297 e. The molecule has 128 valence electrons. The molecule has 1 heterocycles. The molecule has 1 aliphatic heterocycles. The van der Waals surface area contributed by atoms with Crippen LogP contribution in [-0.2, 0) is 14.4 Å². The van der Waals surface area contributed by atoms with Crippen LogP contribution in [0.3, 0.4) is 0 Å². The van der Waals surface area contributed by atoms with Crippen LogP contribution in [0, 0.1) is 6.92 Å². The summed E-state index contributed by atoms with van der Waals surface area (Å²) in [4.78, 5) is 39.3. The number of imide groups is 1. The van der Waals surface area contributed by atoms with Crippen LogP contribution >= 0.6 is 11.8 Å². The molecule has 0 saturated carbocycles. The molecule has 25 heavy (non-hydrogen) atoms. The van der Waals surface area contributed by atoms with E-state index in [2.05, 4.69) is 0 Å². The highest BCUT2D eigenvalue weighted by Crippen LogP contribution is 2.29. The van der Waals surface area contributed by atoms with Crippen LogP contribution in [0.1, 0.15) is 24.0 Å². The van der Waals surface area contributed by atoms with Crippen LogP contribution in [-0.4, -0.2) is 34.3 Å². The van der Waals surface area contributed by atoms with Crippen molar-refractivity contribution in [2.24, 2.45) is 0 Å². The largest absolute Gasteiger partial charge is 0.297 e. The number of carbonyl (C=O) groups is 3. The number of nitrogens with zero attached hydrogens (tertiary/aromatic N) is 1. The van der Waals surface area contributed by atoms with Gasteiger partial charge in [-0.05, 0) is 31.5 Å². The second-order valence-electron chi connectivity index (χ2n) is 6.15. The van der Waals surface area contributed by atoms with Gasteiger partial charge in [-0.2, -0.15) is 0 Å². The average Bonchev–Trinajstić information content (AvgIpc) is 2.92. The van der Waals surface area contributed by atoms with E-state index in [-0.39, 0.29) is 12.5 Å². The van der Waals surface area contributed by atoms with Gasteiger partial charge in [0, 0.05) is 11.4 Å². The van der Waals surface area contributed by atoms with Gasteiger partial charge in [0.1, 0.15) is 0 Å². The standard InChI is InChI=1S/C20H19NO3S/c1-13-8-10-16(11-9-13)25-14(2)19(23)21-12-17(18(22)20(21)24)15-6-4-3-5-7-15/h3-11,14,17H,12H2,1-2H3/t14-,17+/m1/s1. The van der Waals surface area contributed by atoms with Crippen LogP contribution < -0.4 is 0 Å². The quantitative estimate of drug-likeness (QED) is 0.626. The van der Waals surface area contributed by atoms with Gasteiger partial charge in [-0.1, -0.05) is 48.0 Å². The summed E-state index contributed by atoms with van der Waals surface area (Å²) in [7, 11) is 0. The lowest BCUT2D eigenvalue weighted by molar-refractivity contribution is -0.146. The minimum absolute atomic E-state index is 0.124. The summed E-state index contributed by atoms with van der Waals surface area (Å²) in [5.74, 6) is -2.08. The van der Waals surface area contributed by atoms with Gasteiger partial charge in [-0.15, -0.1) is 11.8 Å². The second-order valence-corrected chi connectivity index (χ2v) is 7.57. The minimum atomic E-state index is -0.699. The molecule has 0 bridgehead atoms. The number of aryl methyl sites for hydroxylation is 1. The topological polar surface area (TPSA) is 54.5 Å². The summed E-state index contributed by atoms with van der Waals surface area (Å²) in [5, 5.41) is -0.436. The molecule has 1 fully saturated rings. The Morgan fingerprint density at radius 3 is 2.36 bits per heavy atom. The lowest BCUT2D eigenvalue weighted by Gasteiger charge is -2.18. The van der Waals surface area contributed by atoms with Gasteiger partial charge >= 0.3 is 0 Å². The highest BCUT2D eigenvalue weighted by Gasteiger charge is 2.43. The van der Waals surface area contributed by atoms with Crippen LogP contribution in [0.2, 0.25) is 0 Å². The molecular formula is C20H19NO3S. The molecule has 0 aromatic heterocycles. The van der Waals surface area contributed by atoms with E-state index in [1.54, 1.807) is 6.92 Å². The molecule has 1 aliphatic rings. The number of rotatable bonds is 4. The van der Waals surface area contributed by atoms with E-state index in [0.717, 1.165) is 20.9 Å². The molecule has 1 saturated heterocycles. The van der Waals surface area contributed by atoms with Crippen molar-refractivity contribution in [1.82, 2.24) is 4.90 Å². The number of amides is 2. The van der Waals surface area contributed by atoms with Gasteiger partial charge < -0.3 is 0 Å². The maximum absolute atomic E-state index is 12.7. The van der Waals surface area contributed by atoms with E-state index in [1.165, 1.54) is 11.8 Å².